The van der Waals surface area contributed by atoms with E-state index in [1.807, 2.05) is 18.5 Å². The fraction of sp³-hybridized carbons (Fsp3) is 0.571. The predicted molar refractivity (Wildman–Crippen MR) is 47.7 cm³/mol. The number of aryl methyl sites for hydroxylation is 1. The zero-order valence-corrected chi connectivity index (χ0v) is 8.15. The van der Waals surface area contributed by atoms with Crippen molar-refractivity contribution in [3.05, 3.63) is 11.6 Å². The highest BCUT2D eigenvalue weighted by molar-refractivity contribution is 5.74. The Kier molecular flexibility index (Phi) is 3.55. The van der Waals surface area contributed by atoms with E-state index in [9.17, 15) is 4.79 Å². The molecule has 0 fully saturated rings. The van der Waals surface area contributed by atoms with Gasteiger partial charge in [-0.3, -0.25) is 9.63 Å². The van der Waals surface area contributed by atoms with Gasteiger partial charge in [0.05, 0.1) is 6.54 Å². The zero-order chi connectivity index (χ0) is 10.6. The van der Waals surface area contributed by atoms with E-state index >= 15 is 0 Å². The summed E-state index contributed by atoms with van der Waals surface area (Å²) < 4.78 is 1.82. The molecule has 0 spiro atoms. The Balaban J connectivity index is 2.31. The van der Waals surface area contributed by atoms with Crippen LogP contribution in [0, 0.1) is 6.92 Å². The van der Waals surface area contributed by atoms with Gasteiger partial charge in [0, 0.05) is 7.05 Å². The van der Waals surface area contributed by atoms with Crippen molar-refractivity contribution in [3.63, 3.8) is 0 Å². The summed E-state index contributed by atoms with van der Waals surface area (Å²) in [7, 11) is 1.85. The van der Waals surface area contributed by atoms with Crippen molar-refractivity contribution >= 4 is 5.91 Å². The number of nitrogens with two attached hydrogens (primary N) is 1. The van der Waals surface area contributed by atoms with Crippen molar-refractivity contribution in [2.75, 3.05) is 6.61 Å². The van der Waals surface area contributed by atoms with Crippen LogP contribution in [0.1, 0.15) is 11.6 Å². The third kappa shape index (κ3) is 2.79. The van der Waals surface area contributed by atoms with Crippen LogP contribution in [0.5, 0.6) is 0 Å². The van der Waals surface area contributed by atoms with Gasteiger partial charge in [-0.2, -0.15) is 5.48 Å². The molecule has 7 heteroatoms. The van der Waals surface area contributed by atoms with Gasteiger partial charge < -0.3 is 10.3 Å². The van der Waals surface area contributed by atoms with E-state index in [-0.39, 0.29) is 6.61 Å². The highest BCUT2D eigenvalue weighted by Gasteiger charge is 2.03. The molecule has 0 aliphatic rings. The van der Waals surface area contributed by atoms with Gasteiger partial charge in [0.25, 0.3) is 0 Å². The molecule has 0 aliphatic heterocycles. The smallest absolute Gasteiger partial charge is 0.245 e. The van der Waals surface area contributed by atoms with Gasteiger partial charge in [0.15, 0.2) is 0 Å². The topological polar surface area (TPSA) is 95.1 Å². The fourth-order valence-electron chi connectivity index (χ4n) is 0.843. The molecule has 1 rings (SSSR count). The average molecular weight is 199 g/mol. The van der Waals surface area contributed by atoms with Crippen molar-refractivity contribution in [1.29, 1.82) is 0 Å². The maximum atomic E-state index is 10.3. The van der Waals surface area contributed by atoms with Crippen molar-refractivity contribution in [2.24, 2.45) is 12.8 Å². The van der Waals surface area contributed by atoms with E-state index in [4.69, 9.17) is 10.6 Å². The maximum absolute atomic E-state index is 10.3. The molecule has 0 aromatic carbocycles. The second-order valence-electron chi connectivity index (χ2n) is 2.80. The number of nitrogens with one attached hydrogen (secondary N) is 1. The molecule has 1 aromatic rings. The molecule has 14 heavy (non-hydrogen) atoms. The van der Waals surface area contributed by atoms with Gasteiger partial charge in [-0.1, -0.05) is 0 Å². The minimum Gasteiger partial charge on any atom is -0.368 e. The molecule has 0 bridgehead atoms. The summed E-state index contributed by atoms with van der Waals surface area (Å²) in [6.07, 6.45) is 0. The van der Waals surface area contributed by atoms with Crippen LogP contribution in [0.3, 0.4) is 0 Å². The molecule has 1 amide bonds. The van der Waals surface area contributed by atoms with E-state index in [0.717, 1.165) is 11.6 Å². The molecular weight excluding hydrogens is 186 g/mol. The fourth-order valence-corrected chi connectivity index (χ4v) is 0.843. The summed E-state index contributed by atoms with van der Waals surface area (Å²) in [6, 6.07) is 0. The summed E-state index contributed by atoms with van der Waals surface area (Å²) in [6.45, 7) is 2.07. The number of carbonyl (C=O) groups is 1. The monoisotopic (exact) mass is 199 g/mol. The van der Waals surface area contributed by atoms with Crippen LogP contribution in [-0.2, 0) is 23.2 Å². The van der Waals surface area contributed by atoms with E-state index in [1.54, 1.807) is 0 Å². The Labute approximate surface area is 81.2 Å². The Bertz CT molecular complexity index is 322. The second kappa shape index (κ2) is 4.68. The first kappa shape index (κ1) is 10.6. The van der Waals surface area contributed by atoms with Crippen LogP contribution >= 0.6 is 0 Å². The first-order valence-electron chi connectivity index (χ1n) is 4.09. The predicted octanol–water partition coefficient (Wildman–Crippen LogP) is -1.37. The first-order chi connectivity index (χ1) is 6.61. The molecule has 1 aromatic heterocycles. The molecular formula is C7H13N5O2. The number of carbonyl (C=O) groups excluding carboxylic acids is 1. The summed E-state index contributed by atoms with van der Waals surface area (Å²) >= 11 is 0. The molecule has 0 saturated heterocycles. The van der Waals surface area contributed by atoms with Crippen LogP contribution < -0.4 is 11.2 Å². The van der Waals surface area contributed by atoms with Crippen LogP contribution in [0.4, 0.5) is 0 Å². The number of rotatable bonds is 5. The molecule has 0 atom stereocenters. The van der Waals surface area contributed by atoms with E-state index in [2.05, 4.69) is 15.7 Å². The van der Waals surface area contributed by atoms with Crippen LogP contribution in [-0.4, -0.2) is 27.3 Å². The second-order valence-corrected chi connectivity index (χ2v) is 2.80. The third-order valence-corrected chi connectivity index (χ3v) is 1.73. The van der Waals surface area contributed by atoms with Crippen molar-refractivity contribution in [1.82, 2.24) is 20.2 Å². The molecule has 0 radical (unpaired) electrons. The highest BCUT2D eigenvalue weighted by Crippen LogP contribution is 1.95. The summed E-state index contributed by atoms with van der Waals surface area (Å²) in [4.78, 5) is 15.1. The van der Waals surface area contributed by atoms with Gasteiger partial charge in [-0.25, -0.2) is 0 Å². The Morgan fingerprint density at radius 2 is 2.36 bits per heavy atom. The minimum atomic E-state index is -0.522. The lowest BCUT2D eigenvalue weighted by Gasteiger charge is -2.03. The number of hydroxylamine groups is 1. The van der Waals surface area contributed by atoms with E-state index in [0.29, 0.717) is 6.54 Å². The largest absolute Gasteiger partial charge is 0.368 e. The van der Waals surface area contributed by atoms with Crippen LogP contribution in [0.25, 0.3) is 0 Å². The lowest BCUT2D eigenvalue weighted by atomic mass is 10.6. The summed E-state index contributed by atoms with van der Waals surface area (Å²) in [5, 5.41) is 7.74. The van der Waals surface area contributed by atoms with E-state index < -0.39 is 5.91 Å². The highest BCUT2D eigenvalue weighted by atomic mass is 16.6. The standard InChI is InChI=1S/C7H13N5O2/c1-5-10-11-7(12(5)2)3-9-14-4-6(8)13/h9H,3-4H2,1-2H3,(H2,8,13). The third-order valence-electron chi connectivity index (χ3n) is 1.73. The number of hydrogen-bond donors (Lipinski definition) is 2. The molecule has 3 N–H and O–H groups in total. The van der Waals surface area contributed by atoms with Gasteiger partial charge in [0.2, 0.25) is 5.91 Å². The van der Waals surface area contributed by atoms with Crippen LogP contribution in [0.15, 0.2) is 0 Å². The van der Waals surface area contributed by atoms with Gasteiger partial charge >= 0.3 is 0 Å². The average Bonchev–Trinajstić information content (AvgIpc) is 2.43. The number of hydrogen-bond acceptors (Lipinski definition) is 5. The first-order valence-corrected chi connectivity index (χ1v) is 4.09. The molecule has 0 saturated carbocycles. The summed E-state index contributed by atoms with van der Waals surface area (Å²) in [5.41, 5.74) is 7.43. The number of amides is 1. The van der Waals surface area contributed by atoms with Gasteiger partial charge in [-0.15, -0.1) is 10.2 Å². The number of nitrogens with zero attached hydrogens (tertiary/aromatic N) is 3. The van der Waals surface area contributed by atoms with Gasteiger partial charge in [-0.05, 0) is 6.92 Å². The van der Waals surface area contributed by atoms with E-state index in [1.165, 1.54) is 0 Å². The molecule has 0 unspecified atom stereocenters. The lowest BCUT2D eigenvalue weighted by Crippen LogP contribution is -2.25. The Hall–Kier alpha value is -1.47. The normalized spacial score (nSPS) is 10.4. The molecule has 1 heterocycles. The molecule has 0 aliphatic carbocycles. The maximum Gasteiger partial charge on any atom is 0.245 e. The van der Waals surface area contributed by atoms with Crippen molar-refractivity contribution < 1.29 is 9.63 Å². The minimum absolute atomic E-state index is 0.156. The van der Waals surface area contributed by atoms with Crippen LogP contribution in [0.2, 0.25) is 0 Å². The Morgan fingerprint density at radius 3 is 2.86 bits per heavy atom. The van der Waals surface area contributed by atoms with Crippen molar-refractivity contribution in [3.8, 4) is 0 Å². The Morgan fingerprint density at radius 1 is 1.64 bits per heavy atom. The SMILES string of the molecule is Cc1nnc(CNOCC(N)=O)n1C. The summed E-state index contributed by atoms with van der Waals surface area (Å²) in [5.74, 6) is 1.02. The van der Waals surface area contributed by atoms with Gasteiger partial charge in [0.1, 0.15) is 18.3 Å². The molecule has 78 valence electrons. The lowest BCUT2D eigenvalue weighted by molar-refractivity contribution is -0.125. The number of primary amides is 1. The van der Waals surface area contributed by atoms with Crippen molar-refractivity contribution in [2.45, 2.75) is 13.5 Å². The quantitative estimate of drug-likeness (QED) is 0.450. The molecule has 7 nitrogen and oxygen atoms in total. The number of aromatic nitrogens is 3. The zero-order valence-electron chi connectivity index (χ0n) is 8.15.